The molecule has 2 nitrogen and oxygen atoms in total. The summed E-state index contributed by atoms with van der Waals surface area (Å²) in [4.78, 5) is 0. The number of aryl methyl sites for hydroxylation is 1. The van der Waals surface area contributed by atoms with Crippen molar-refractivity contribution < 1.29 is 13.5 Å². The Kier molecular flexibility index (Phi) is 5.28. The van der Waals surface area contributed by atoms with Gasteiger partial charge in [-0.3, -0.25) is 0 Å². The molecule has 21 heavy (non-hydrogen) atoms. The molecule has 0 aliphatic heterocycles. The van der Waals surface area contributed by atoms with Gasteiger partial charge in [-0.05, 0) is 37.1 Å². The summed E-state index contributed by atoms with van der Waals surface area (Å²) < 4.78 is 31.8. The monoisotopic (exact) mass is 291 g/mol. The quantitative estimate of drug-likeness (QED) is 0.787. The van der Waals surface area contributed by atoms with Gasteiger partial charge < -0.3 is 10.1 Å². The van der Waals surface area contributed by atoms with Crippen molar-refractivity contribution >= 4 is 0 Å². The molecular weight excluding hydrogens is 272 g/mol. The summed E-state index contributed by atoms with van der Waals surface area (Å²) in [7, 11) is 0. The van der Waals surface area contributed by atoms with E-state index in [2.05, 4.69) is 12.2 Å². The molecule has 0 saturated heterocycles. The summed E-state index contributed by atoms with van der Waals surface area (Å²) in [5, 5.41) is 3.32. The zero-order valence-corrected chi connectivity index (χ0v) is 12.2. The molecule has 0 bridgehead atoms. The van der Waals surface area contributed by atoms with Crippen molar-refractivity contribution in [3.05, 3.63) is 59.2 Å². The average Bonchev–Trinajstić information content (AvgIpc) is 2.41. The number of hydrogen-bond acceptors (Lipinski definition) is 2. The molecule has 0 atom stereocenters. The number of rotatable bonds is 6. The zero-order chi connectivity index (χ0) is 15.2. The number of benzene rings is 2. The van der Waals surface area contributed by atoms with E-state index < -0.39 is 11.6 Å². The average molecular weight is 291 g/mol. The molecule has 4 heteroatoms. The van der Waals surface area contributed by atoms with Crippen LogP contribution in [0.2, 0.25) is 0 Å². The fourth-order valence-electron chi connectivity index (χ4n) is 2.06. The van der Waals surface area contributed by atoms with Crippen LogP contribution < -0.4 is 10.1 Å². The molecular formula is C17H19F2NO. The van der Waals surface area contributed by atoms with Gasteiger partial charge in [0.15, 0.2) is 0 Å². The predicted molar refractivity (Wildman–Crippen MR) is 79.6 cm³/mol. The fraction of sp³-hybridized carbons (Fsp3) is 0.294. The van der Waals surface area contributed by atoms with Crippen molar-refractivity contribution in [1.82, 2.24) is 5.32 Å². The number of ether oxygens (including phenoxy) is 1. The Labute approximate surface area is 123 Å². The first kappa shape index (κ1) is 15.4. The number of hydrogen-bond donors (Lipinski definition) is 1. The van der Waals surface area contributed by atoms with Gasteiger partial charge in [0.25, 0.3) is 0 Å². The third-order valence-electron chi connectivity index (χ3n) is 3.06. The first-order valence-electron chi connectivity index (χ1n) is 7.02. The SMILES string of the molecule is CCCNCc1ccc(Oc2cc(F)cc(F)c2)c(C)c1. The Balaban J connectivity index is 2.10. The van der Waals surface area contributed by atoms with Crippen molar-refractivity contribution in [2.75, 3.05) is 6.54 Å². The Morgan fingerprint density at radius 1 is 1.05 bits per heavy atom. The zero-order valence-electron chi connectivity index (χ0n) is 12.2. The van der Waals surface area contributed by atoms with E-state index >= 15 is 0 Å². The molecule has 0 unspecified atom stereocenters. The summed E-state index contributed by atoms with van der Waals surface area (Å²) in [6.07, 6.45) is 1.09. The molecule has 0 amide bonds. The molecule has 112 valence electrons. The smallest absolute Gasteiger partial charge is 0.133 e. The molecule has 0 fully saturated rings. The third-order valence-corrected chi connectivity index (χ3v) is 3.06. The highest BCUT2D eigenvalue weighted by molar-refractivity contribution is 5.39. The Morgan fingerprint density at radius 2 is 1.76 bits per heavy atom. The van der Waals surface area contributed by atoms with Crippen LogP contribution in [-0.2, 0) is 6.54 Å². The largest absolute Gasteiger partial charge is 0.457 e. The Bertz CT molecular complexity index is 593. The van der Waals surface area contributed by atoms with Crippen molar-refractivity contribution in [2.45, 2.75) is 26.8 Å². The lowest BCUT2D eigenvalue weighted by Gasteiger charge is -2.11. The Morgan fingerprint density at radius 3 is 2.38 bits per heavy atom. The van der Waals surface area contributed by atoms with Gasteiger partial charge in [0, 0.05) is 24.7 Å². The van der Waals surface area contributed by atoms with Crippen LogP contribution >= 0.6 is 0 Å². The van der Waals surface area contributed by atoms with E-state index in [0.29, 0.717) is 5.75 Å². The first-order chi connectivity index (χ1) is 10.1. The minimum atomic E-state index is -0.650. The maximum atomic E-state index is 13.1. The van der Waals surface area contributed by atoms with E-state index in [4.69, 9.17) is 4.74 Å². The van der Waals surface area contributed by atoms with Crippen molar-refractivity contribution in [3.8, 4) is 11.5 Å². The van der Waals surface area contributed by atoms with Gasteiger partial charge in [0.05, 0.1) is 0 Å². The van der Waals surface area contributed by atoms with Crippen LogP contribution in [0.25, 0.3) is 0 Å². The van der Waals surface area contributed by atoms with Gasteiger partial charge in [-0.1, -0.05) is 19.1 Å². The highest BCUT2D eigenvalue weighted by atomic mass is 19.1. The molecule has 2 aromatic carbocycles. The van der Waals surface area contributed by atoms with Gasteiger partial charge >= 0.3 is 0 Å². The lowest BCUT2D eigenvalue weighted by atomic mass is 10.1. The van der Waals surface area contributed by atoms with Crippen LogP contribution in [0.5, 0.6) is 11.5 Å². The van der Waals surface area contributed by atoms with E-state index in [9.17, 15) is 8.78 Å². The fourth-order valence-corrected chi connectivity index (χ4v) is 2.06. The summed E-state index contributed by atoms with van der Waals surface area (Å²) in [5.74, 6) is -0.544. The van der Waals surface area contributed by atoms with Crippen LogP contribution in [0.4, 0.5) is 8.78 Å². The van der Waals surface area contributed by atoms with Crippen molar-refractivity contribution in [1.29, 1.82) is 0 Å². The van der Waals surface area contributed by atoms with Gasteiger partial charge in [-0.2, -0.15) is 0 Å². The van der Waals surface area contributed by atoms with Crippen LogP contribution in [0.15, 0.2) is 36.4 Å². The standard InChI is InChI=1S/C17H19F2NO/c1-3-6-20-11-13-4-5-17(12(2)7-13)21-16-9-14(18)8-15(19)10-16/h4-5,7-10,20H,3,6,11H2,1-2H3. The van der Waals surface area contributed by atoms with Crippen LogP contribution in [0.1, 0.15) is 24.5 Å². The van der Waals surface area contributed by atoms with E-state index in [1.165, 1.54) is 12.1 Å². The van der Waals surface area contributed by atoms with Crippen molar-refractivity contribution in [2.24, 2.45) is 0 Å². The maximum absolute atomic E-state index is 13.1. The molecule has 1 N–H and O–H groups in total. The number of halogens is 2. The second kappa shape index (κ2) is 7.18. The maximum Gasteiger partial charge on any atom is 0.133 e. The lowest BCUT2D eigenvalue weighted by Crippen LogP contribution is -2.13. The second-order valence-corrected chi connectivity index (χ2v) is 4.98. The highest BCUT2D eigenvalue weighted by Gasteiger charge is 2.06. The minimum Gasteiger partial charge on any atom is -0.457 e. The molecule has 0 aliphatic carbocycles. The molecule has 0 saturated carbocycles. The second-order valence-electron chi connectivity index (χ2n) is 4.98. The van der Waals surface area contributed by atoms with Crippen LogP contribution in [0, 0.1) is 18.6 Å². The van der Waals surface area contributed by atoms with Crippen LogP contribution in [-0.4, -0.2) is 6.54 Å². The van der Waals surface area contributed by atoms with Gasteiger partial charge in [0.2, 0.25) is 0 Å². The molecule has 0 aliphatic rings. The Hall–Kier alpha value is -1.94. The van der Waals surface area contributed by atoms with E-state index in [-0.39, 0.29) is 5.75 Å². The first-order valence-corrected chi connectivity index (χ1v) is 7.02. The van der Waals surface area contributed by atoms with E-state index in [1.807, 2.05) is 25.1 Å². The molecule has 0 radical (unpaired) electrons. The minimum absolute atomic E-state index is 0.160. The predicted octanol–water partition coefficient (Wildman–Crippen LogP) is 4.57. The van der Waals surface area contributed by atoms with Gasteiger partial charge in [-0.25, -0.2) is 8.78 Å². The summed E-state index contributed by atoms with van der Waals surface area (Å²) >= 11 is 0. The normalized spacial score (nSPS) is 10.7. The highest BCUT2D eigenvalue weighted by Crippen LogP contribution is 2.27. The summed E-state index contributed by atoms with van der Waals surface area (Å²) in [5.41, 5.74) is 2.08. The molecule has 2 aromatic rings. The van der Waals surface area contributed by atoms with Gasteiger partial charge in [-0.15, -0.1) is 0 Å². The summed E-state index contributed by atoms with van der Waals surface area (Å²) in [6.45, 7) is 5.80. The molecule has 0 spiro atoms. The molecule has 0 aromatic heterocycles. The molecule has 0 heterocycles. The van der Waals surface area contributed by atoms with Crippen molar-refractivity contribution in [3.63, 3.8) is 0 Å². The van der Waals surface area contributed by atoms with Crippen LogP contribution in [0.3, 0.4) is 0 Å². The van der Waals surface area contributed by atoms with E-state index in [1.54, 1.807) is 0 Å². The number of nitrogens with one attached hydrogen (secondary N) is 1. The third kappa shape index (κ3) is 4.53. The van der Waals surface area contributed by atoms with E-state index in [0.717, 1.165) is 36.7 Å². The molecule has 2 rings (SSSR count). The topological polar surface area (TPSA) is 21.3 Å². The lowest BCUT2D eigenvalue weighted by molar-refractivity contribution is 0.465. The van der Waals surface area contributed by atoms with Gasteiger partial charge in [0.1, 0.15) is 23.1 Å². The summed E-state index contributed by atoms with van der Waals surface area (Å²) in [6, 6.07) is 8.93.